The third kappa shape index (κ3) is 42.8. The predicted molar refractivity (Wildman–Crippen MR) is 326 cm³/mol. The fraction of sp³-hybridized carbons (Fsp3) is 0.841. The Kier molecular flexibility index (Phi) is 48.5. The van der Waals surface area contributed by atoms with Crippen LogP contribution in [0.4, 0.5) is 0 Å². The smallest absolute Gasteiger partial charge is 0.338 e. The number of aromatic nitrogens is 1. The van der Waals surface area contributed by atoms with E-state index in [-0.39, 0.29) is 54.3 Å². The first-order chi connectivity index (χ1) is 37.0. The second-order valence-corrected chi connectivity index (χ2v) is 23.1. The molecule has 0 bridgehead atoms. The lowest BCUT2D eigenvalue weighted by Crippen LogP contribution is -2.53. The van der Waals surface area contributed by atoms with Gasteiger partial charge in [-0.15, -0.1) is 0 Å². The molecule has 16 heteroatoms. The number of nitrogens with zero attached hydrogens (tertiary/aromatic N) is 6. The topological polar surface area (TPSA) is 144 Å². The molecule has 1 aromatic rings. The summed E-state index contributed by atoms with van der Waals surface area (Å²) in [5.41, 5.74) is 0.573. The summed E-state index contributed by atoms with van der Waals surface area (Å²) in [5, 5.41) is 0. The Balaban J connectivity index is -0.000000452. The van der Waals surface area contributed by atoms with Gasteiger partial charge in [0.15, 0.2) is 0 Å². The number of quaternary nitrogens is 5. The molecule has 6 unspecified atom stereocenters. The van der Waals surface area contributed by atoms with E-state index in [1.807, 2.05) is 27.7 Å². The number of pyridine rings is 1. The Labute approximate surface area is 486 Å². The average molecular weight is 1130 g/mol. The van der Waals surface area contributed by atoms with Crippen molar-refractivity contribution >= 4 is 29.8 Å². The van der Waals surface area contributed by atoms with Crippen LogP contribution in [0.25, 0.3) is 0 Å². The van der Waals surface area contributed by atoms with Crippen molar-refractivity contribution in [3.05, 3.63) is 30.1 Å². The first-order valence-electron chi connectivity index (χ1n) is 30.9. The van der Waals surface area contributed by atoms with Gasteiger partial charge in [-0.25, -0.2) is 4.79 Å². The van der Waals surface area contributed by atoms with Gasteiger partial charge in [0.25, 0.3) is 0 Å². The van der Waals surface area contributed by atoms with Crippen LogP contribution in [-0.4, -0.2) is 221 Å². The van der Waals surface area contributed by atoms with Crippen LogP contribution in [0.1, 0.15) is 200 Å². The average Bonchev–Trinajstić information content (AvgIpc) is 3.36. The number of esters is 5. The summed E-state index contributed by atoms with van der Waals surface area (Å²) in [7, 11) is 6.21. The molecule has 0 N–H and O–H groups in total. The van der Waals surface area contributed by atoms with Crippen LogP contribution in [-0.2, 0) is 42.9 Å². The monoisotopic (exact) mass is 1130 g/mol. The van der Waals surface area contributed by atoms with Crippen molar-refractivity contribution < 1.29 is 70.1 Å². The third-order valence-corrected chi connectivity index (χ3v) is 14.7. The van der Waals surface area contributed by atoms with E-state index in [0.29, 0.717) is 12.2 Å². The van der Waals surface area contributed by atoms with Gasteiger partial charge in [0.2, 0.25) is 0 Å². The highest BCUT2D eigenvalue weighted by Crippen LogP contribution is 2.16. The molecule has 0 spiro atoms. The van der Waals surface area contributed by atoms with Crippen LogP contribution in [0, 0.1) is 0 Å². The van der Waals surface area contributed by atoms with E-state index in [0.717, 1.165) is 107 Å². The number of unbranched alkanes of at least 4 members (excludes halogenated alkanes) is 2. The van der Waals surface area contributed by atoms with Gasteiger partial charge in [-0.05, 0) is 120 Å². The first-order valence-corrected chi connectivity index (χ1v) is 30.9. The molecular weight excluding hydrogens is 1000 g/mol. The molecule has 0 radical (unpaired) electrons. The molecule has 466 valence electrons. The van der Waals surface area contributed by atoms with Gasteiger partial charge in [0, 0.05) is 40.1 Å². The van der Waals surface area contributed by atoms with Crippen LogP contribution in [0.3, 0.4) is 0 Å². The summed E-state index contributed by atoms with van der Waals surface area (Å²) < 4.78 is 31.1. The first kappa shape index (κ1) is 81.8. The second kappa shape index (κ2) is 46.9. The van der Waals surface area contributed by atoms with Crippen LogP contribution >= 0.6 is 0 Å². The number of rotatable bonds is 36. The Morgan fingerprint density at radius 1 is 0.405 bits per heavy atom. The van der Waals surface area contributed by atoms with Crippen LogP contribution < -0.4 is 0 Å². The molecule has 1 aromatic heterocycles. The molecule has 0 aromatic carbocycles. The molecule has 1 rings (SSSR count). The van der Waals surface area contributed by atoms with Gasteiger partial charge in [-0.1, -0.05) is 54.4 Å². The molecule has 0 saturated heterocycles. The molecule has 6 atom stereocenters. The van der Waals surface area contributed by atoms with Crippen molar-refractivity contribution in [2.45, 2.75) is 214 Å². The minimum atomic E-state index is -0.251. The van der Waals surface area contributed by atoms with E-state index < -0.39 is 0 Å². The lowest BCUT2D eigenvalue weighted by atomic mass is 10.2. The standard InChI is InChI=1S/C17H29N2O2.C14H30NO2.C13H28NO2.C11H24NO2.C8H18NO2/c1-4-7-13-19(6-3,12-5-2)14-15-21-17(20)16-8-10-18-11-9-16;1-6-9-11-15(8-3,10-7-2)12-13(4)17-14(5)16;1-6-9-14(8-3,10-7-2)11-12(4)16-13(5)15;1-6-12(7-2,8-3)9-10(4)14-11(5)13;1-7(11-8(2)10)6-9(3,4)5/h8-11H,4-7,12-15H2,1-3H3;13H,6-12H2,1-5H3;12H,6-11H2,1-5H3;10H,6-9H2,1-5H3;7H,6H2,1-5H3/q5*+1. The van der Waals surface area contributed by atoms with Crippen LogP contribution in [0.5, 0.6) is 0 Å². The highest BCUT2D eigenvalue weighted by molar-refractivity contribution is 5.89. The van der Waals surface area contributed by atoms with Gasteiger partial charge >= 0.3 is 29.8 Å². The molecule has 1 heterocycles. The zero-order valence-electron chi connectivity index (χ0n) is 55.8. The Morgan fingerprint density at radius 2 is 0.696 bits per heavy atom. The highest BCUT2D eigenvalue weighted by Gasteiger charge is 2.30. The van der Waals surface area contributed by atoms with Crippen molar-refractivity contribution in [3.63, 3.8) is 0 Å². The molecule has 0 fully saturated rings. The minimum Gasteiger partial charge on any atom is -0.457 e. The predicted octanol–water partition coefficient (Wildman–Crippen LogP) is 11.3. The SMILES string of the molecule is CC(=O)OC(C)C[N+](C)(C)C.CCCC[N+](CC)(CCC)CC(C)OC(C)=O.CCCC[N+](CC)(CCC)CCOC(=O)c1ccncc1.CCC[N+](CC)(CCC)CC(C)OC(C)=O.CC[N+](CC)(CC)CC(C)OC(C)=O. The molecule has 79 heavy (non-hydrogen) atoms. The second-order valence-electron chi connectivity index (χ2n) is 23.1. The molecule has 0 aliphatic rings. The number of ether oxygens (including phenoxy) is 5. The van der Waals surface area contributed by atoms with E-state index in [4.69, 9.17) is 23.7 Å². The maximum Gasteiger partial charge on any atom is 0.338 e. The summed E-state index contributed by atoms with van der Waals surface area (Å²) in [4.78, 5) is 59.0. The fourth-order valence-electron chi connectivity index (χ4n) is 10.8. The van der Waals surface area contributed by atoms with E-state index in [2.05, 4.69) is 109 Å². The lowest BCUT2D eigenvalue weighted by Gasteiger charge is -2.39. The van der Waals surface area contributed by atoms with Crippen molar-refractivity contribution in [1.29, 1.82) is 0 Å². The molecule has 0 aliphatic carbocycles. The zero-order chi connectivity index (χ0) is 61.7. The lowest BCUT2D eigenvalue weighted by molar-refractivity contribution is -0.929. The van der Waals surface area contributed by atoms with Gasteiger partial charge in [0.05, 0.1) is 105 Å². The number of hydrogen-bond donors (Lipinski definition) is 0. The molecule has 16 nitrogen and oxygen atoms in total. The Bertz CT molecular complexity index is 1680. The highest BCUT2D eigenvalue weighted by atomic mass is 16.6. The minimum absolute atomic E-state index is 0.00694. The Morgan fingerprint density at radius 3 is 0.987 bits per heavy atom. The van der Waals surface area contributed by atoms with Crippen molar-refractivity contribution in [3.8, 4) is 0 Å². The Hall–Kier alpha value is -3.70. The fourth-order valence-corrected chi connectivity index (χ4v) is 10.8. The van der Waals surface area contributed by atoms with Gasteiger partial charge < -0.3 is 46.1 Å². The number of carbonyl (C=O) groups is 5. The summed E-state index contributed by atoms with van der Waals surface area (Å²) in [6.45, 7) is 59.1. The largest absolute Gasteiger partial charge is 0.457 e. The number of carbonyl (C=O) groups excluding carboxylic acids is 5. The van der Waals surface area contributed by atoms with Gasteiger partial charge in [-0.2, -0.15) is 0 Å². The van der Waals surface area contributed by atoms with E-state index in [9.17, 15) is 24.0 Å². The summed E-state index contributed by atoms with van der Waals surface area (Å²) in [6, 6.07) is 3.38. The summed E-state index contributed by atoms with van der Waals surface area (Å²) in [5.74, 6) is -0.975. The van der Waals surface area contributed by atoms with Crippen molar-refractivity contribution in [2.24, 2.45) is 0 Å². The molecule has 0 saturated carbocycles. The van der Waals surface area contributed by atoms with Crippen LogP contribution in [0.2, 0.25) is 0 Å². The number of likely N-dealkylation sites (N-methyl/N-ethyl adjacent to an activating group) is 5. The van der Waals surface area contributed by atoms with Crippen molar-refractivity contribution in [1.82, 2.24) is 4.98 Å². The zero-order valence-corrected chi connectivity index (χ0v) is 55.8. The normalized spacial score (nSPS) is 14.3. The van der Waals surface area contributed by atoms with Gasteiger partial charge in [0.1, 0.15) is 63.7 Å². The molecule has 0 aliphatic heterocycles. The molecular formula is C63H129N6O10+5. The third-order valence-electron chi connectivity index (χ3n) is 14.7. The maximum absolute atomic E-state index is 11.9. The molecule has 0 amide bonds. The van der Waals surface area contributed by atoms with Crippen molar-refractivity contribution in [2.75, 3.05) is 139 Å². The van der Waals surface area contributed by atoms with E-state index >= 15 is 0 Å². The van der Waals surface area contributed by atoms with Crippen LogP contribution in [0.15, 0.2) is 24.5 Å². The summed E-state index contributed by atoms with van der Waals surface area (Å²) in [6.07, 6.45) is 12.9. The quantitative estimate of drug-likeness (QED) is 0.0360. The summed E-state index contributed by atoms with van der Waals surface area (Å²) >= 11 is 0. The van der Waals surface area contributed by atoms with E-state index in [1.54, 1.807) is 24.5 Å². The van der Waals surface area contributed by atoms with E-state index in [1.165, 1.54) is 105 Å². The maximum atomic E-state index is 11.9. The van der Waals surface area contributed by atoms with Gasteiger partial charge in [-0.3, -0.25) is 24.2 Å². The number of hydrogen-bond acceptors (Lipinski definition) is 11.